The maximum Gasteiger partial charge on any atom is 0.307 e. The van der Waals surface area contributed by atoms with E-state index in [9.17, 15) is 4.79 Å². The Morgan fingerprint density at radius 3 is 2.65 bits per heavy atom. The second kappa shape index (κ2) is 4.49. The standard InChI is InChI=1S/C14H19NO2/c1-8-4-9(2)10(3)12(5-8)13-6-11(7-15-13)14(16)17/h4-5,11,13,15H,6-7H2,1-3H3,(H,16,17). The minimum absolute atomic E-state index is 0.190. The number of aliphatic carboxylic acids is 1. The van der Waals surface area contributed by atoms with E-state index in [0.29, 0.717) is 13.0 Å². The summed E-state index contributed by atoms with van der Waals surface area (Å²) in [6, 6.07) is 4.53. The van der Waals surface area contributed by atoms with Crippen LogP contribution in [-0.4, -0.2) is 17.6 Å². The summed E-state index contributed by atoms with van der Waals surface area (Å²) in [5.74, 6) is -0.942. The molecule has 92 valence electrons. The van der Waals surface area contributed by atoms with Crippen LogP contribution in [0, 0.1) is 26.7 Å². The molecular weight excluding hydrogens is 214 g/mol. The fraction of sp³-hybridized carbons (Fsp3) is 0.500. The van der Waals surface area contributed by atoms with Crippen molar-refractivity contribution in [3.8, 4) is 0 Å². The first kappa shape index (κ1) is 12.1. The molecule has 3 nitrogen and oxygen atoms in total. The summed E-state index contributed by atoms with van der Waals surface area (Å²) in [7, 11) is 0. The number of rotatable bonds is 2. The van der Waals surface area contributed by atoms with Crippen LogP contribution in [0.1, 0.15) is 34.7 Å². The molecule has 2 atom stereocenters. The molecule has 2 N–H and O–H groups in total. The van der Waals surface area contributed by atoms with Crippen molar-refractivity contribution in [3.63, 3.8) is 0 Å². The van der Waals surface area contributed by atoms with E-state index in [2.05, 4.69) is 38.2 Å². The van der Waals surface area contributed by atoms with E-state index in [1.54, 1.807) is 0 Å². The van der Waals surface area contributed by atoms with E-state index in [0.717, 1.165) is 0 Å². The van der Waals surface area contributed by atoms with Gasteiger partial charge in [0.2, 0.25) is 0 Å². The lowest BCUT2D eigenvalue weighted by atomic mass is 9.92. The molecule has 1 aromatic carbocycles. The molecule has 0 spiro atoms. The molecule has 1 aliphatic rings. The van der Waals surface area contributed by atoms with Gasteiger partial charge in [-0.3, -0.25) is 4.79 Å². The third-order valence-electron chi connectivity index (χ3n) is 3.71. The number of aryl methyl sites for hydroxylation is 2. The molecular formula is C14H19NO2. The van der Waals surface area contributed by atoms with Gasteiger partial charge in [-0.1, -0.05) is 17.7 Å². The minimum Gasteiger partial charge on any atom is -0.481 e. The zero-order valence-corrected chi connectivity index (χ0v) is 10.6. The molecule has 1 heterocycles. The van der Waals surface area contributed by atoms with E-state index in [1.165, 1.54) is 22.3 Å². The number of carbonyl (C=O) groups is 1. The van der Waals surface area contributed by atoms with Gasteiger partial charge in [-0.15, -0.1) is 0 Å². The summed E-state index contributed by atoms with van der Waals surface area (Å²) < 4.78 is 0. The molecule has 0 saturated carbocycles. The highest BCUT2D eigenvalue weighted by atomic mass is 16.4. The van der Waals surface area contributed by atoms with Gasteiger partial charge in [0.15, 0.2) is 0 Å². The van der Waals surface area contributed by atoms with Crippen LogP contribution in [0.5, 0.6) is 0 Å². The van der Waals surface area contributed by atoms with Gasteiger partial charge in [0.25, 0.3) is 0 Å². The van der Waals surface area contributed by atoms with Crippen molar-refractivity contribution in [1.29, 1.82) is 0 Å². The van der Waals surface area contributed by atoms with Crippen LogP contribution < -0.4 is 5.32 Å². The molecule has 2 unspecified atom stereocenters. The van der Waals surface area contributed by atoms with Gasteiger partial charge in [0.1, 0.15) is 0 Å². The van der Waals surface area contributed by atoms with Gasteiger partial charge in [-0.2, -0.15) is 0 Å². The first-order valence-corrected chi connectivity index (χ1v) is 6.03. The van der Waals surface area contributed by atoms with Gasteiger partial charge in [-0.25, -0.2) is 0 Å². The van der Waals surface area contributed by atoms with Gasteiger partial charge < -0.3 is 10.4 Å². The topological polar surface area (TPSA) is 49.3 Å². The quantitative estimate of drug-likeness (QED) is 0.824. The molecule has 1 saturated heterocycles. The summed E-state index contributed by atoms with van der Waals surface area (Å²) in [6.45, 7) is 6.88. The minimum atomic E-state index is -0.693. The smallest absolute Gasteiger partial charge is 0.307 e. The number of hydrogen-bond donors (Lipinski definition) is 2. The Kier molecular flexibility index (Phi) is 3.20. The maximum atomic E-state index is 11.0. The predicted octanol–water partition coefficient (Wildman–Crippen LogP) is 2.35. The van der Waals surface area contributed by atoms with E-state index < -0.39 is 5.97 Å². The molecule has 0 amide bonds. The molecule has 3 heteroatoms. The fourth-order valence-corrected chi connectivity index (χ4v) is 2.60. The van der Waals surface area contributed by atoms with Gasteiger partial charge in [0, 0.05) is 12.6 Å². The number of nitrogens with one attached hydrogen (secondary N) is 1. The lowest BCUT2D eigenvalue weighted by molar-refractivity contribution is -0.141. The van der Waals surface area contributed by atoms with E-state index in [1.807, 2.05) is 0 Å². The van der Waals surface area contributed by atoms with Crippen molar-refractivity contribution in [1.82, 2.24) is 5.32 Å². The summed E-state index contributed by atoms with van der Waals surface area (Å²) in [5.41, 5.74) is 5.05. The highest BCUT2D eigenvalue weighted by Crippen LogP contribution is 2.31. The summed E-state index contributed by atoms with van der Waals surface area (Å²) >= 11 is 0. The Balaban J connectivity index is 2.27. The van der Waals surface area contributed by atoms with Gasteiger partial charge in [0.05, 0.1) is 5.92 Å². The zero-order valence-electron chi connectivity index (χ0n) is 10.6. The summed E-state index contributed by atoms with van der Waals surface area (Å²) in [6.07, 6.45) is 0.694. The van der Waals surface area contributed by atoms with Crippen molar-refractivity contribution >= 4 is 5.97 Å². The predicted molar refractivity (Wildman–Crippen MR) is 67.1 cm³/mol. The maximum absolute atomic E-state index is 11.0. The van der Waals surface area contributed by atoms with Crippen LogP contribution in [0.15, 0.2) is 12.1 Å². The van der Waals surface area contributed by atoms with Crippen molar-refractivity contribution in [2.24, 2.45) is 5.92 Å². The van der Waals surface area contributed by atoms with E-state index in [-0.39, 0.29) is 12.0 Å². The van der Waals surface area contributed by atoms with E-state index in [4.69, 9.17) is 5.11 Å². The average Bonchev–Trinajstić information content (AvgIpc) is 2.72. The second-order valence-electron chi connectivity index (χ2n) is 5.03. The first-order chi connectivity index (χ1) is 7.99. The molecule has 0 aliphatic carbocycles. The number of carboxylic acid groups (broad SMARTS) is 1. The van der Waals surface area contributed by atoms with Crippen LogP contribution in [0.4, 0.5) is 0 Å². The van der Waals surface area contributed by atoms with E-state index >= 15 is 0 Å². The van der Waals surface area contributed by atoms with Crippen LogP contribution in [0.3, 0.4) is 0 Å². The summed E-state index contributed by atoms with van der Waals surface area (Å²) in [5, 5.41) is 12.3. The Morgan fingerprint density at radius 2 is 2.06 bits per heavy atom. The molecule has 1 fully saturated rings. The van der Waals surface area contributed by atoms with Crippen LogP contribution in [-0.2, 0) is 4.79 Å². The fourth-order valence-electron chi connectivity index (χ4n) is 2.60. The third kappa shape index (κ3) is 2.34. The number of benzene rings is 1. The molecule has 0 aromatic heterocycles. The summed E-state index contributed by atoms with van der Waals surface area (Å²) in [4.78, 5) is 11.0. The second-order valence-corrected chi connectivity index (χ2v) is 5.03. The van der Waals surface area contributed by atoms with Crippen molar-refractivity contribution in [2.45, 2.75) is 33.2 Å². The van der Waals surface area contributed by atoms with Crippen molar-refractivity contribution < 1.29 is 9.90 Å². The molecule has 0 radical (unpaired) electrons. The van der Waals surface area contributed by atoms with Gasteiger partial charge >= 0.3 is 5.97 Å². The molecule has 0 bridgehead atoms. The lowest BCUT2D eigenvalue weighted by Gasteiger charge is -2.16. The molecule has 17 heavy (non-hydrogen) atoms. The van der Waals surface area contributed by atoms with Crippen molar-refractivity contribution in [3.05, 3.63) is 34.4 Å². The highest BCUT2D eigenvalue weighted by Gasteiger charge is 2.30. The SMILES string of the molecule is Cc1cc(C)c(C)c(C2CC(C(=O)O)CN2)c1. The van der Waals surface area contributed by atoms with Crippen LogP contribution >= 0.6 is 0 Å². The Hall–Kier alpha value is -1.35. The monoisotopic (exact) mass is 233 g/mol. The zero-order chi connectivity index (χ0) is 12.6. The Morgan fingerprint density at radius 1 is 1.35 bits per heavy atom. The number of hydrogen-bond acceptors (Lipinski definition) is 2. The lowest BCUT2D eigenvalue weighted by Crippen LogP contribution is -2.17. The molecule has 1 aromatic rings. The van der Waals surface area contributed by atoms with Gasteiger partial charge in [-0.05, 0) is 43.9 Å². The highest BCUT2D eigenvalue weighted by molar-refractivity contribution is 5.70. The van der Waals surface area contributed by atoms with Crippen LogP contribution in [0.2, 0.25) is 0 Å². The largest absolute Gasteiger partial charge is 0.481 e. The average molecular weight is 233 g/mol. The molecule has 2 rings (SSSR count). The Bertz CT molecular complexity index is 454. The van der Waals surface area contributed by atoms with Crippen molar-refractivity contribution in [2.75, 3.05) is 6.54 Å². The normalized spacial score (nSPS) is 23.9. The Labute approximate surface area is 102 Å². The third-order valence-corrected chi connectivity index (χ3v) is 3.71. The van der Waals surface area contributed by atoms with Crippen LogP contribution in [0.25, 0.3) is 0 Å². The number of carboxylic acids is 1. The first-order valence-electron chi connectivity index (χ1n) is 6.03. The molecule has 1 aliphatic heterocycles.